The zero-order valence-corrected chi connectivity index (χ0v) is 14.8. The molecule has 1 aromatic heterocycles. The van der Waals surface area contributed by atoms with E-state index in [9.17, 15) is 15.0 Å². The molecule has 26 heavy (non-hydrogen) atoms. The first kappa shape index (κ1) is 17.4. The molecule has 1 amide bonds. The van der Waals surface area contributed by atoms with Crippen molar-refractivity contribution in [2.24, 2.45) is 11.8 Å². The maximum Gasteiger partial charge on any atom is 0.223 e. The van der Waals surface area contributed by atoms with E-state index in [-0.39, 0.29) is 36.0 Å². The van der Waals surface area contributed by atoms with Crippen molar-refractivity contribution in [2.75, 3.05) is 0 Å². The molecule has 5 nitrogen and oxygen atoms in total. The number of fused-ring (bicyclic) bond motifs is 1. The number of carbonyl (C=O) groups excluding carboxylic acids is 1. The van der Waals surface area contributed by atoms with Gasteiger partial charge in [-0.05, 0) is 62.1 Å². The van der Waals surface area contributed by atoms with Crippen LogP contribution < -0.4 is 5.32 Å². The Morgan fingerprint density at radius 3 is 2.54 bits per heavy atom. The van der Waals surface area contributed by atoms with Gasteiger partial charge >= 0.3 is 0 Å². The zero-order chi connectivity index (χ0) is 18.1. The van der Waals surface area contributed by atoms with Gasteiger partial charge in [-0.3, -0.25) is 9.78 Å². The summed E-state index contributed by atoms with van der Waals surface area (Å²) in [6.45, 7) is 0. The summed E-state index contributed by atoms with van der Waals surface area (Å²) in [6.07, 6.45) is 5.61. The largest absolute Gasteiger partial charge is 0.393 e. The summed E-state index contributed by atoms with van der Waals surface area (Å²) in [5.41, 5.74) is 1.95. The number of benzene rings is 1. The molecule has 138 valence electrons. The van der Waals surface area contributed by atoms with Crippen LogP contribution >= 0.6 is 0 Å². The number of amides is 1. The van der Waals surface area contributed by atoms with E-state index in [1.54, 1.807) is 0 Å². The molecule has 0 aliphatic heterocycles. The van der Waals surface area contributed by atoms with E-state index in [2.05, 4.69) is 16.4 Å². The minimum absolute atomic E-state index is 0.0284. The van der Waals surface area contributed by atoms with Gasteiger partial charge < -0.3 is 15.5 Å². The Morgan fingerprint density at radius 2 is 1.81 bits per heavy atom. The fraction of sp³-hybridized carbons (Fsp3) is 0.524. The standard InChI is InChI=1S/C21H26N2O3/c24-17-7-5-13(6-8-17)21(26)23-20(15-10-18(25)11-15)16-9-14-3-1-2-4-19(14)22-12-16/h1-4,9,12-13,15,17-18,20,24-25H,5-8,10-11H2,(H,23,26)/t13?,15?,17?,18?,20-/m1/s1. The Bertz CT molecular complexity index is 780. The molecule has 2 aliphatic rings. The molecular weight excluding hydrogens is 328 g/mol. The minimum Gasteiger partial charge on any atom is -0.393 e. The van der Waals surface area contributed by atoms with Crippen LogP contribution in [-0.2, 0) is 4.79 Å². The predicted molar refractivity (Wildman–Crippen MR) is 99.3 cm³/mol. The highest BCUT2D eigenvalue weighted by Crippen LogP contribution is 2.39. The molecule has 2 aromatic rings. The molecule has 2 fully saturated rings. The van der Waals surface area contributed by atoms with Crippen molar-refractivity contribution in [1.29, 1.82) is 0 Å². The van der Waals surface area contributed by atoms with Gasteiger partial charge in [0.1, 0.15) is 0 Å². The van der Waals surface area contributed by atoms with Crippen LogP contribution in [0.4, 0.5) is 0 Å². The van der Waals surface area contributed by atoms with Crippen molar-refractivity contribution in [2.45, 2.75) is 56.8 Å². The number of rotatable bonds is 4. The molecule has 4 rings (SSSR count). The van der Waals surface area contributed by atoms with Gasteiger partial charge in [0.25, 0.3) is 0 Å². The maximum atomic E-state index is 12.8. The number of pyridine rings is 1. The minimum atomic E-state index is -0.266. The number of aromatic nitrogens is 1. The number of hydrogen-bond acceptors (Lipinski definition) is 4. The average molecular weight is 354 g/mol. The fourth-order valence-corrected chi connectivity index (χ4v) is 4.24. The third-order valence-corrected chi connectivity index (χ3v) is 5.96. The lowest BCUT2D eigenvalue weighted by Crippen LogP contribution is -2.44. The Morgan fingerprint density at radius 1 is 1.08 bits per heavy atom. The summed E-state index contributed by atoms with van der Waals surface area (Å²) in [7, 11) is 0. The third-order valence-electron chi connectivity index (χ3n) is 5.96. The highest BCUT2D eigenvalue weighted by atomic mass is 16.3. The number of carbonyl (C=O) groups is 1. The van der Waals surface area contributed by atoms with Crippen LogP contribution in [0, 0.1) is 11.8 Å². The fourth-order valence-electron chi connectivity index (χ4n) is 4.24. The van der Waals surface area contributed by atoms with Gasteiger partial charge in [-0.25, -0.2) is 0 Å². The van der Waals surface area contributed by atoms with E-state index >= 15 is 0 Å². The average Bonchev–Trinajstić information content (AvgIpc) is 2.64. The molecule has 1 atom stereocenters. The molecule has 1 heterocycles. The molecular formula is C21H26N2O3. The van der Waals surface area contributed by atoms with Crippen LogP contribution in [0.25, 0.3) is 10.9 Å². The second-order valence-electron chi connectivity index (χ2n) is 7.84. The summed E-state index contributed by atoms with van der Waals surface area (Å²) in [4.78, 5) is 17.3. The Labute approximate surface area is 153 Å². The van der Waals surface area contributed by atoms with E-state index < -0.39 is 0 Å². The third kappa shape index (κ3) is 3.60. The van der Waals surface area contributed by atoms with Gasteiger partial charge in [-0.1, -0.05) is 18.2 Å². The number of aliphatic hydroxyl groups is 2. The Kier molecular flexibility index (Phi) is 4.92. The topological polar surface area (TPSA) is 82.5 Å². The second-order valence-corrected chi connectivity index (χ2v) is 7.84. The molecule has 0 bridgehead atoms. The second kappa shape index (κ2) is 7.33. The molecule has 3 N–H and O–H groups in total. The van der Waals surface area contributed by atoms with E-state index in [0.29, 0.717) is 25.7 Å². The smallest absolute Gasteiger partial charge is 0.223 e. The van der Waals surface area contributed by atoms with Crippen LogP contribution in [0.5, 0.6) is 0 Å². The Balaban J connectivity index is 1.54. The Hall–Kier alpha value is -1.98. The molecule has 2 saturated carbocycles. The van der Waals surface area contributed by atoms with Crippen LogP contribution in [0.2, 0.25) is 0 Å². The molecule has 1 aromatic carbocycles. The van der Waals surface area contributed by atoms with Crippen molar-refractivity contribution in [3.8, 4) is 0 Å². The first-order valence-electron chi connectivity index (χ1n) is 9.61. The lowest BCUT2D eigenvalue weighted by atomic mass is 9.75. The van der Waals surface area contributed by atoms with Gasteiger partial charge in [0.2, 0.25) is 5.91 Å². The molecule has 0 radical (unpaired) electrons. The highest BCUT2D eigenvalue weighted by Gasteiger charge is 2.37. The van der Waals surface area contributed by atoms with Gasteiger partial charge in [-0.15, -0.1) is 0 Å². The molecule has 0 unspecified atom stereocenters. The number of nitrogens with zero attached hydrogens (tertiary/aromatic N) is 1. The van der Waals surface area contributed by atoms with Gasteiger partial charge in [0.15, 0.2) is 0 Å². The van der Waals surface area contributed by atoms with Crippen LogP contribution in [0.15, 0.2) is 36.5 Å². The lowest BCUT2D eigenvalue weighted by molar-refractivity contribution is -0.128. The van der Waals surface area contributed by atoms with Crippen molar-refractivity contribution in [1.82, 2.24) is 10.3 Å². The SMILES string of the molecule is O=C(N[C@@H](c1cnc2ccccc2c1)C1CC(O)C1)C1CCC(O)CC1. The lowest BCUT2D eigenvalue weighted by Gasteiger charge is -2.39. The molecule has 0 spiro atoms. The van der Waals surface area contributed by atoms with Crippen LogP contribution in [0.3, 0.4) is 0 Å². The quantitative estimate of drug-likeness (QED) is 0.788. The highest BCUT2D eigenvalue weighted by molar-refractivity contribution is 5.81. The van der Waals surface area contributed by atoms with E-state index in [0.717, 1.165) is 29.3 Å². The van der Waals surface area contributed by atoms with Crippen LogP contribution in [-0.4, -0.2) is 33.3 Å². The zero-order valence-electron chi connectivity index (χ0n) is 14.8. The summed E-state index contributed by atoms with van der Waals surface area (Å²) >= 11 is 0. The summed E-state index contributed by atoms with van der Waals surface area (Å²) in [5.74, 6) is 0.279. The van der Waals surface area contributed by atoms with Crippen molar-refractivity contribution in [3.63, 3.8) is 0 Å². The van der Waals surface area contributed by atoms with Gasteiger partial charge in [-0.2, -0.15) is 0 Å². The number of nitrogens with one attached hydrogen (secondary N) is 1. The predicted octanol–water partition coefficient (Wildman–Crippen LogP) is 2.71. The monoisotopic (exact) mass is 354 g/mol. The molecule has 5 heteroatoms. The van der Waals surface area contributed by atoms with E-state index in [4.69, 9.17) is 0 Å². The number of para-hydroxylation sites is 1. The van der Waals surface area contributed by atoms with Gasteiger partial charge in [0, 0.05) is 17.5 Å². The van der Waals surface area contributed by atoms with Crippen molar-refractivity contribution in [3.05, 3.63) is 42.1 Å². The summed E-state index contributed by atoms with van der Waals surface area (Å²) in [6, 6.07) is 9.95. The first-order valence-corrected chi connectivity index (χ1v) is 9.61. The maximum absolute atomic E-state index is 12.8. The van der Waals surface area contributed by atoms with Crippen LogP contribution in [0.1, 0.15) is 50.1 Å². The molecule has 0 saturated heterocycles. The van der Waals surface area contributed by atoms with E-state index in [1.165, 1.54) is 0 Å². The summed E-state index contributed by atoms with van der Waals surface area (Å²) < 4.78 is 0. The number of hydrogen-bond donors (Lipinski definition) is 3. The molecule has 2 aliphatic carbocycles. The van der Waals surface area contributed by atoms with E-state index in [1.807, 2.05) is 30.5 Å². The van der Waals surface area contributed by atoms with Gasteiger partial charge in [0.05, 0.1) is 23.8 Å². The van der Waals surface area contributed by atoms with Crippen molar-refractivity contribution < 1.29 is 15.0 Å². The first-order chi connectivity index (χ1) is 12.6. The normalized spacial score (nSPS) is 29.8. The summed E-state index contributed by atoms with van der Waals surface area (Å²) in [5, 5.41) is 23.7. The van der Waals surface area contributed by atoms with Crippen molar-refractivity contribution >= 4 is 16.8 Å². The number of aliphatic hydroxyl groups excluding tert-OH is 2.